The number of hydrogen-bond acceptors (Lipinski definition) is 7. The number of carbonyl (C=O) groups is 2. The fraction of sp³-hybridized carbons (Fsp3) is 0.222. The van der Waals surface area contributed by atoms with Crippen molar-refractivity contribution in [2.45, 2.75) is 38.1 Å². The smallest absolute Gasteiger partial charge is 0.327 e. The summed E-state index contributed by atoms with van der Waals surface area (Å²) in [6.07, 6.45) is 0. The Kier molecular flexibility index (Phi) is 7.12. The molecule has 0 amide bonds. The number of benzene rings is 2. The van der Waals surface area contributed by atoms with Crippen molar-refractivity contribution in [1.29, 1.82) is 0 Å². The molecule has 4 aromatic rings. The molecule has 178 valence electrons. The third-order valence-corrected chi connectivity index (χ3v) is 6.64. The molecular weight excluding hydrogens is 462 g/mol. The number of H-pyrrole nitrogens is 1. The number of hydrogen-bond donors (Lipinski definition) is 1. The third kappa shape index (κ3) is 5.33. The number of aromatic amines is 1. The van der Waals surface area contributed by atoms with Gasteiger partial charge in [0.2, 0.25) is 0 Å². The molecule has 0 aliphatic rings. The zero-order valence-corrected chi connectivity index (χ0v) is 20.7. The van der Waals surface area contributed by atoms with Crippen molar-refractivity contribution in [3.8, 4) is 22.4 Å². The summed E-state index contributed by atoms with van der Waals surface area (Å²) in [5.41, 5.74) is 5.16. The summed E-state index contributed by atoms with van der Waals surface area (Å²) in [5.74, 6) is -1.06. The lowest BCUT2D eigenvalue weighted by molar-refractivity contribution is -0.144. The summed E-state index contributed by atoms with van der Waals surface area (Å²) in [4.78, 5) is 49.6. The molecule has 1 N–H and O–H groups in total. The van der Waals surface area contributed by atoms with E-state index >= 15 is 0 Å². The quantitative estimate of drug-likeness (QED) is 0.171. The van der Waals surface area contributed by atoms with Crippen LogP contribution in [0, 0.1) is 13.8 Å². The molecule has 2 aromatic carbocycles. The highest BCUT2D eigenvalue weighted by molar-refractivity contribution is 8.01. The van der Waals surface area contributed by atoms with Crippen LogP contribution in [-0.4, -0.2) is 38.6 Å². The molecule has 1 atom stereocenters. The van der Waals surface area contributed by atoms with Crippen LogP contribution in [0.15, 0.2) is 64.5 Å². The first-order valence-corrected chi connectivity index (χ1v) is 12.1. The molecule has 0 fully saturated rings. The van der Waals surface area contributed by atoms with Crippen LogP contribution < -0.4 is 5.56 Å². The number of fused-ring (bicyclic) bond motifs is 1. The minimum Gasteiger partial charge on any atom is -0.465 e. The monoisotopic (exact) mass is 487 g/mol. The van der Waals surface area contributed by atoms with E-state index in [1.165, 1.54) is 6.92 Å². The Hall–Kier alpha value is -3.78. The first kappa shape index (κ1) is 24.3. The normalized spacial score (nSPS) is 11.9. The number of nitrogens with zero attached hydrogens (tertiary/aromatic N) is 2. The zero-order chi connectivity index (χ0) is 25.1. The minimum absolute atomic E-state index is 0.124. The Balaban J connectivity index is 1.91. The number of Topliss-reactive ketones (excluding diaryl/α,β-unsaturated/α-hetero) is 1. The van der Waals surface area contributed by atoms with Gasteiger partial charge < -0.3 is 9.72 Å². The van der Waals surface area contributed by atoms with Gasteiger partial charge >= 0.3 is 5.97 Å². The lowest BCUT2D eigenvalue weighted by Gasteiger charge is -2.13. The van der Waals surface area contributed by atoms with Crippen LogP contribution in [0.25, 0.3) is 33.4 Å². The molecule has 2 heterocycles. The van der Waals surface area contributed by atoms with Gasteiger partial charge in [-0.2, -0.15) is 0 Å². The van der Waals surface area contributed by atoms with E-state index < -0.39 is 22.6 Å². The second-order valence-corrected chi connectivity index (χ2v) is 9.31. The van der Waals surface area contributed by atoms with E-state index in [1.807, 2.05) is 68.4 Å². The Bertz CT molecular complexity index is 1460. The maximum atomic E-state index is 13.3. The van der Waals surface area contributed by atoms with E-state index in [2.05, 4.69) is 15.0 Å². The van der Waals surface area contributed by atoms with Crippen LogP contribution >= 0.6 is 11.8 Å². The summed E-state index contributed by atoms with van der Waals surface area (Å²) in [6, 6.07) is 17.7. The number of rotatable bonds is 7. The predicted molar refractivity (Wildman–Crippen MR) is 137 cm³/mol. The fourth-order valence-electron chi connectivity index (χ4n) is 3.64. The molecule has 8 heteroatoms. The number of nitrogens with one attached hydrogen (secondary N) is 1. The van der Waals surface area contributed by atoms with Gasteiger partial charge in [-0.25, -0.2) is 9.97 Å². The van der Waals surface area contributed by atoms with Crippen LogP contribution in [0.1, 0.15) is 25.0 Å². The second-order valence-electron chi connectivity index (χ2n) is 8.22. The first-order chi connectivity index (χ1) is 16.8. The van der Waals surface area contributed by atoms with Gasteiger partial charge in [0.15, 0.2) is 21.8 Å². The van der Waals surface area contributed by atoms with Gasteiger partial charge in [0, 0.05) is 11.1 Å². The number of ether oxygens (including phenoxy) is 1. The number of aromatic nitrogens is 3. The Morgan fingerprint density at radius 3 is 2.14 bits per heavy atom. The molecule has 7 nitrogen and oxygen atoms in total. The standard InChI is InChI=1S/C27H25N3O4S/c1-5-34-26(33)23(17(4)31)35-27-29-24-22(25(32)30-27)20(18-10-6-15(2)7-11-18)14-21(28-24)19-12-8-16(3)9-13-19/h6-14,23H,5H2,1-4H3,(H,28,29,30,32). The zero-order valence-electron chi connectivity index (χ0n) is 19.9. The first-order valence-electron chi connectivity index (χ1n) is 11.2. The van der Waals surface area contributed by atoms with E-state index in [0.717, 1.165) is 34.0 Å². The molecule has 0 spiro atoms. The summed E-state index contributed by atoms with van der Waals surface area (Å²) in [6.45, 7) is 7.12. The van der Waals surface area contributed by atoms with Gasteiger partial charge in [-0.1, -0.05) is 71.4 Å². The molecule has 0 radical (unpaired) electrons. The Morgan fingerprint density at radius 1 is 0.971 bits per heavy atom. The third-order valence-electron chi connectivity index (χ3n) is 5.46. The molecule has 0 aliphatic heterocycles. The number of ketones is 1. The molecule has 0 aliphatic carbocycles. The highest BCUT2D eigenvalue weighted by Crippen LogP contribution is 2.31. The molecule has 0 bridgehead atoms. The number of pyridine rings is 1. The largest absolute Gasteiger partial charge is 0.465 e. The average molecular weight is 488 g/mol. The molecule has 0 saturated heterocycles. The highest BCUT2D eigenvalue weighted by Gasteiger charge is 2.28. The SMILES string of the molecule is CCOC(=O)C(Sc1nc2nc(-c3ccc(C)cc3)cc(-c3ccc(C)cc3)c2c(=O)[nH]1)C(C)=O. The summed E-state index contributed by atoms with van der Waals surface area (Å²) in [7, 11) is 0. The van der Waals surface area contributed by atoms with Gasteiger partial charge in [-0.05, 0) is 39.3 Å². The number of thioether (sulfide) groups is 1. The Morgan fingerprint density at radius 2 is 1.57 bits per heavy atom. The van der Waals surface area contributed by atoms with Crippen molar-refractivity contribution in [3.05, 3.63) is 76.1 Å². The predicted octanol–water partition coefficient (Wildman–Crippen LogP) is 4.88. The van der Waals surface area contributed by atoms with Crippen LogP contribution in [-0.2, 0) is 14.3 Å². The molecule has 4 rings (SSSR count). The van der Waals surface area contributed by atoms with Gasteiger partial charge in [0.25, 0.3) is 5.56 Å². The maximum Gasteiger partial charge on any atom is 0.327 e. The van der Waals surface area contributed by atoms with Crippen molar-refractivity contribution in [3.63, 3.8) is 0 Å². The van der Waals surface area contributed by atoms with E-state index in [1.54, 1.807) is 6.92 Å². The van der Waals surface area contributed by atoms with E-state index in [4.69, 9.17) is 4.74 Å². The fourth-order valence-corrected chi connectivity index (χ4v) is 4.48. The number of aryl methyl sites for hydroxylation is 2. The lowest BCUT2D eigenvalue weighted by atomic mass is 9.99. The summed E-state index contributed by atoms with van der Waals surface area (Å²) < 4.78 is 5.01. The summed E-state index contributed by atoms with van der Waals surface area (Å²) >= 11 is 0.850. The van der Waals surface area contributed by atoms with Crippen LogP contribution in [0.4, 0.5) is 0 Å². The number of carbonyl (C=O) groups excluding carboxylic acids is 2. The van der Waals surface area contributed by atoms with Gasteiger partial charge in [0.05, 0.1) is 17.7 Å². The second kappa shape index (κ2) is 10.2. The van der Waals surface area contributed by atoms with Crippen molar-refractivity contribution < 1.29 is 14.3 Å². The van der Waals surface area contributed by atoms with E-state index in [-0.39, 0.29) is 17.4 Å². The lowest BCUT2D eigenvalue weighted by Crippen LogP contribution is -2.28. The topological polar surface area (TPSA) is 102 Å². The van der Waals surface area contributed by atoms with Crippen molar-refractivity contribution in [2.24, 2.45) is 0 Å². The molecule has 35 heavy (non-hydrogen) atoms. The minimum atomic E-state index is -1.13. The molecule has 0 saturated carbocycles. The van der Waals surface area contributed by atoms with Crippen LogP contribution in [0.3, 0.4) is 0 Å². The van der Waals surface area contributed by atoms with Gasteiger partial charge in [0.1, 0.15) is 0 Å². The van der Waals surface area contributed by atoms with Crippen molar-refractivity contribution in [1.82, 2.24) is 15.0 Å². The number of esters is 1. The van der Waals surface area contributed by atoms with Crippen LogP contribution in [0.2, 0.25) is 0 Å². The van der Waals surface area contributed by atoms with E-state index in [0.29, 0.717) is 16.6 Å². The maximum absolute atomic E-state index is 13.3. The molecular formula is C27H25N3O4S. The van der Waals surface area contributed by atoms with E-state index in [9.17, 15) is 14.4 Å². The molecule has 2 aromatic heterocycles. The van der Waals surface area contributed by atoms with Crippen molar-refractivity contribution >= 4 is 34.5 Å². The van der Waals surface area contributed by atoms with Crippen LogP contribution in [0.5, 0.6) is 0 Å². The average Bonchev–Trinajstić information content (AvgIpc) is 2.82. The molecule has 1 unspecified atom stereocenters. The highest BCUT2D eigenvalue weighted by atomic mass is 32.2. The Labute approximate surface area is 207 Å². The summed E-state index contributed by atoms with van der Waals surface area (Å²) in [5, 5.41) is -0.670. The van der Waals surface area contributed by atoms with Gasteiger partial charge in [-0.15, -0.1) is 0 Å². The van der Waals surface area contributed by atoms with Crippen molar-refractivity contribution in [2.75, 3.05) is 6.61 Å². The van der Waals surface area contributed by atoms with Gasteiger partial charge in [-0.3, -0.25) is 14.4 Å².